The third kappa shape index (κ3) is 4.56. The van der Waals surface area contributed by atoms with E-state index in [4.69, 9.17) is 0 Å². The van der Waals surface area contributed by atoms with Crippen molar-refractivity contribution in [3.05, 3.63) is 44.3 Å². The number of urea groups is 1. The molecular weight excluding hydrogens is 314 g/mol. The van der Waals surface area contributed by atoms with Crippen molar-refractivity contribution >= 4 is 28.7 Å². The van der Waals surface area contributed by atoms with E-state index in [9.17, 15) is 4.79 Å². The molecule has 0 fully saturated rings. The topological polar surface area (TPSA) is 35.6 Å². The molecule has 2 aromatic rings. The summed E-state index contributed by atoms with van der Waals surface area (Å²) in [5.74, 6) is 0. The lowest BCUT2D eigenvalue weighted by Gasteiger charge is -2.25. The van der Waals surface area contributed by atoms with Gasteiger partial charge in [-0.15, -0.1) is 11.3 Å². The zero-order valence-corrected chi connectivity index (χ0v) is 15.1. The van der Waals surface area contributed by atoms with Crippen LogP contribution < -0.4 is 5.32 Å². The van der Waals surface area contributed by atoms with Crippen LogP contribution in [0.2, 0.25) is 0 Å². The van der Waals surface area contributed by atoms with Crippen LogP contribution in [0.3, 0.4) is 0 Å². The highest BCUT2D eigenvalue weighted by Gasteiger charge is 2.17. The lowest BCUT2D eigenvalue weighted by Crippen LogP contribution is -2.41. The number of likely N-dealkylation sites (N-methyl/N-ethyl adjacent to an activating group) is 1. The summed E-state index contributed by atoms with van der Waals surface area (Å²) in [7, 11) is 5.90. The van der Waals surface area contributed by atoms with Crippen molar-refractivity contribution in [2.24, 2.45) is 0 Å². The Morgan fingerprint density at radius 2 is 2.05 bits per heavy atom. The van der Waals surface area contributed by atoms with E-state index in [1.54, 1.807) is 27.6 Å². The predicted octanol–water partition coefficient (Wildman–Crippen LogP) is 3.56. The second-order valence-corrected chi connectivity index (χ2v) is 7.74. The molecule has 0 aliphatic heterocycles. The van der Waals surface area contributed by atoms with Gasteiger partial charge in [0.2, 0.25) is 0 Å². The van der Waals surface area contributed by atoms with Crippen LogP contribution in [0.15, 0.2) is 29.0 Å². The molecule has 0 saturated carbocycles. The zero-order chi connectivity index (χ0) is 16.1. The maximum Gasteiger partial charge on any atom is 0.317 e. The van der Waals surface area contributed by atoms with Crippen molar-refractivity contribution in [1.29, 1.82) is 0 Å². The lowest BCUT2D eigenvalue weighted by molar-refractivity contribution is 0.201. The quantitative estimate of drug-likeness (QED) is 0.875. The van der Waals surface area contributed by atoms with E-state index in [0.717, 1.165) is 0 Å². The molecule has 1 N–H and O–H groups in total. The van der Waals surface area contributed by atoms with Gasteiger partial charge in [-0.2, -0.15) is 11.3 Å². The van der Waals surface area contributed by atoms with E-state index in [2.05, 4.69) is 46.1 Å². The van der Waals surface area contributed by atoms with Gasteiger partial charge < -0.3 is 15.1 Å². The maximum atomic E-state index is 12.3. The SMILES string of the molecule is Cc1ccc(CN(C)C(=O)NCC(c2ccsc2)N(C)C)s1. The molecule has 2 rings (SSSR count). The van der Waals surface area contributed by atoms with Crippen LogP contribution in [0.1, 0.15) is 21.4 Å². The highest BCUT2D eigenvalue weighted by atomic mass is 32.1. The number of aryl methyl sites for hydroxylation is 1. The van der Waals surface area contributed by atoms with Gasteiger partial charge >= 0.3 is 6.03 Å². The molecule has 0 aliphatic carbocycles. The van der Waals surface area contributed by atoms with E-state index < -0.39 is 0 Å². The maximum absolute atomic E-state index is 12.3. The van der Waals surface area contributed by atoms with Gasteiger partial charge in [0.25, 0.3) is 0 Å². The number of carbonyl (C=O) groups is 1. The molecule has 2 amide bonds. The molecule has 4 nitrogen and oxygen atoms in total. The van der Waals surface area contributed by atoms with Crippen molar-refractivity contribution < 1.29 is 4.79 Å². The third-order valence-corrected chi connectivity index (χ3v) is 5.22. The van der Waals surface area contributed by atoms with Crippen molar-refractivity contribution in [2.45, 2.75) is 19.5 Å². The Labute approximate surface area is 140 Å². The van der Waals surface area contributed by atoms with Crippen LogP contribution >= 0.6 is 22.7 Å². The lowest BCUT2D eigenvalue weighted by atomic mass is 10.1. The largest absolute Gasteiger partial charge is 0.336 e. The Kier molecular flexibility index (Phi) is 5.99. The highest BCUT2D eigenvalue weighted by Crippen LogP contribution is 2.20. The van der Waals surface area contributed by atoms with Gasteiger partial charge in [-0.05, 0) is 55.5 Å². The number of nitrogens with one attached hydrogen (secondary N) is 1. The van der Waals surface area contributed by atoms with E-state index in [1.807, 2.05) is 21.1 Å². The molecule has 120 valence electrons. The second kappa shape index (κ2) is 7.76. The summed E-state index contributed by atoms with van der Waals surface area (Å²) in [6.07, 6.45) is 0. The summed E-state index contributed by atoms with van der Waals surface area (Å²) in [4.78, 5) is 18.6. The highest BCUT2D eigenvalue weighted by molar-refractivity contribution is 7.11. The summed E-state index contributed by atoms with van der Waals surface area (Å²) < 4.78 is 0. The minimum atomic E-state index is -0.0341. The fraction of sp³-hybridized carbons (Fsp3) is 0.438. The average molecular weight is 338 g/mol. The number of amides is 2. The minimum Gasteiger partial charge on any atom is -0.336 e. The molecular formula is C16H23N3OS2. The van der Waals surface area contributed by atoms with Gasteiger partial charge in [0.1, 0.15) is 0 Å². The number of carbonyl (C=O) groups excluding carboxylic acids is 1. The first-order valence-electron chi connectivity index (χ1n) is 7.20. The van der Waals surface area contributed by atoms with Crippen LogP contribution in [-0.4, -0.2) is 43.5 Å². The monoisotopic (exact) mass is 337 g/mol. The van der Waals surface area contributed by atoms with E-state index in [1.165, 1.54) is 15.3 Å². The Hall–Kier alpha value is -1.37. The van der Waals surface area contributed by atoms with Gasteiger partial charge in [-0.3, -0.25) is 0 Å². The van der Waals surface area contributed by atoms with Crippen molar-refractivity contribution in [2.75, 3.05) is 27.7 Å². The summed E-state index contributed by atoms with van der Waals surface area (Å²) in [6.45, 7) is 3.34. The molecule has 22 heavy (non-hydrogen) atoms. The molecule has 0 aromatic carbocycles. The molecule has 1 atom stereocenters. The Balaban J connectivity index is 1.88. The Morgan fingerprint density at radius 1 is 1.27 bits per heavy atom. The smallest absolute Gasteiger partial charge is 0.317 e. The van der Waals surface area contributed by atoms with Crippen LogP contribution in [0, 0.1) is 6.92 Å². The number of hydrogen-bond acceptors (Lipinski definition) is 4. The standard InChI is InChI=1S/C16H23N3OS2/c1-12-5-6-14(22-12)10-19(4)16(20)17-9-15(18(2)3)13-7-8-21-11-13/h5-8,11,15H,9-10H2,1-4H3,(H,17,20). The zero-order valence-electron chi connectivity index (χ0n) is 13.5. The summed E-state index contributed by atoms with van der Waals surface area (Å²) in [6, 6.07) is 6.45. The molecule has 2 heterocycles. The Bertz CT molecular complexity index is 592. The molecule has 2 aromatic heterocycles. The van der Waals surface area contributed by atoms with Crippen molar-refractivity contribution in [3.8, 4) is 0 Å². The minimum absolute atomic E-state index is 0.0341. The fourth-order valence-electron chi connectivity index (χ4n) is 2.26. The molecule has 0 aliphatic rings. The first kappa shape index (κ1) is 17.0. The molecule has 0 bridgehead atoms. The first-order chi connectivity index (χ1) is 10.5. The third-order valence-electron chi connectivity index (χ3n) is 3.53. The van der Waals surface area contributed by atoms with Crippen LogP contribution in [0.25, 0.3) is 0 Å². The van der Waals surface area contributed by atoms with Crippen LogP contribution in [0.5, 0.6) is 0 Å². The van der Waals surface area contributed by atoms with Gasteiger partial charge in [0.15, 0.2) is 0 Å². The molecule has 0 spiro atoms. The number of hydrogen-bond donors (Lipinski definition) is 1. The molecule has 1 unspecified atom stereocenters. The summed E-state index contributed by atoms with van der Waals surface area (Å²) >= 11 is 3.41. The van der Waals surface area contributed by atoms with Gasteiger partial charge in [-0.25, -0.2) is 4.79 Å². The predicted molar refractivity (Wildman–Crippen MR) is 94.7 cm³/mol. The van der Waals surface area contributed by atoms with E-state index in [-0.39, 0.29) is 12.1 Å². The van der Waals surface area contributed by atoms with Crippen LogP contribution in [-0.2, 0) is 6.54 Å². The number of thiophene rings is 2. The molecule has 0 saturated heterocycles. The summed E-state index contributed by atoms with van der Waals surface area (Å²) in [5.41, 5.74) is 1.24. The second-order valence-electron chi connectivity index (χ2n) is 5.59. The Morgan fingerprint density at radius 3 is 2.59 bits per heavy atom. The van der Waals surface area contributed by atoms with Gasteiger partial charge in [0.05, 0.1) is 12.6 Å². The van der Waals surface area contributed by atoms with Gasteiger partial charge in [0, 0.05) is 23.3 Å². The summed E-state index contributed by atoms with van der Waals surface area (Å²) in [5, 5.41) is 7.24. The number of rotatable bonds is 6. The van der Waals surface area contributed by atoms with E-state index >= 15 is 0 Å². The molecule has 6 heteroatoms. The van der Waals surface area contributed by atoms with Gasteiger partial charge in [-0.1, -0.05) is 0 Å². The number of nitrogens with zero attached hydrogens (tertiary/aromatic N) is 2. The molecule has 0 radical (unpaired) electrons. The van der Waals surface area contributed by atoms with Crippen molar-refractivity contribution in [1.82, 2.24) is 15.1 Å². The van der Waals surface area contributed by atoms with Crippen LogP contribution in [0.4, 0.5) is 4.79 Å². The van der Waals surface area contributed by atoms with Crippen molar-refractivity contribution in [3.63, 3.8) is 0 Å². The van der Waals surface area contributed by atoms with E-state index in [0.29, 0.717) is 13.1 Å². The normalized spacial score (nSPS) is 12.4. The fourth-order valence-corrected chi connectivity index (χ4v) is 3.91. The first-order valence-corrected chi connectivity index (χ1v) is 8.96. The average Bonchev–Trinajstić information content (AvgIpc) is 3.10.